The number of halogens is 20. The second-order valence-electron chi connectivity index (χ2n) is 5.67. The quantitative estimate of drug-likeness (QED) is 0.150. The largest absolute Gasteiger partial charge is 0.460 e. The van der Waals surface area contributed by atoms with Gasteiger partial charge in [-0.1, -0.05) is 22.6 Å². The molecule has 0 aliphatic heterocycles. The van der Waals surface area contributed by atoms with Crippen LogP contribution < -0.4 is 0 Å². The van der Waals surface area contributed by atoms with Gasteiger partial charge >= 0.3 is 53.6 Å². The third-order valence-corrected chi connectivity index (χ3v) is 4.20. The molecule has 0 spiro atoms. The summed E-state index contributed by atoms with van der Waals surface area (Å²) in [6, 6.07) is 0. The molecule has 0 nitrogen and oxygen atoms in total. The predicted molar refractivity (Wildman–Crippen MR) is 69.1 cm³/mol. The van der Waals surface area contributed by atoms with E-state index in [1.807, 2.05) is 0 Å². The first-order valence-corrected chi connectivity index (χ1v) is 8.24. The van der Waals surface area contributed by atoms with Crippen LogP contribution in [0, 0.1) is 0 Å². The third kappa shape index (κ3) is 3.88. The van der Waals surface area contributed by atoms with Crippen LogP contribution in [0.1, 0.15) is 6.42 Å². The summed E-state index contributed by atoms with van der Waals surface area (Å²) in [6.07, 6.45) is -19.2. The molecule has 0 saturated heterocycles. The van der Waals surface area contributed by atoms with Crippen LogP contribution in [-0.4, -0.2) is 58.0 Å². The van der Waals surface area contributed by atoms with Gasteiger partial charge < -0.3 is 0 Å². The van der Waals surface area contributed by atoms with Crippen LogP contribution in [0.15, 0.2) is 0 Å². The summed E-state index contributed by atoms with van der Waals surface area (Å²) in [5.74, 6) is -49.4. The molecule has 0 aromatic rings. The van der Waals surface area contributed by atoms with E-state index in [0.29, 0.717) is 0 Å². The van der Waals surface area contributed by atoms with Crippen molar-refractivity contribution in [3.63, 3.8) is 0 Å². The van der Waals surface area contributed by atoms with E-state index in [9.17, 15) is 83.4 Å². The van der Waals surface area contributed by atoms with E-state index in [-0.39, 0.29) is 0 Å². The molecule has 0 aromatic heterocycles. The van der Waals surface area contributed by atoms with E-state index in [2.05, 4.69) is 0 Å². The van der Waals surface area contributed by atoms with Gasteiger partial charge in [0.1, 0.15) is 0 Å². The van der Waals surface area contributed by atoms with Gasteiger partial charge in [0.05, 0.1) is 0 Å². The second-order valence-corrected chi connectivity index (χ2v) is 6.75. The van der Waals surface area contributed by atoms with Gasteiger partial charge in [-0.25, -0.2) is 4.39 Å². The van der Waals surface area contributed by atoms with Gasteiger partial charge in [0, 0.05) is 10.8 Å². The van der Waals surface area contributed by atoms with E-state index < -0.39 is 64.4 Å². The molecule has 0 radical (unpaired) electrons. The summed E-state index contributed by atoms with van der Waals surface area (Å²) in [5.41, 5.74) is -9.13. The van der Waals surface area contributed by atoms with Crippen molar-refractivity contribution in [1.82, 2.24) is 0 Å². The molecule has 0 fully saturated rings. The maximum atomic E-state index is 13.8. The van der Waals surface area contributed by atoms with E-state index in [1.165, 1.54) is 0 Å². The molecule has 31 heavy (non-hydrogen) atoms. The van der Waals surface area contributed by atoms with Crippen molar-refractivity contribution in [3.8, 4) is 0 Å². The molecule has 0 aromatic carbocycles. The van der Waals surface area contributed by atoms with Gasteiger partial charge in [-0.15, -0.1) is 0 Å². The Hall–Kier alpha value is -0.600. The standard InChI is InChI=1S/C11H4F19I/c12-3(13,1-2-31)5(15,16)8(21,22)6(17,18)4(14,10(25,26)27)7(19,20)9(23,24)11(28,29)30/h1-2H2. The van der Waals surface area contributed by atoms with Gasteiger partial charge in [0.2, 0.25) is 0 Å². The first-order chi connectivity index (χ1) is 13.1. The molecule has 0 N–H and O–H groups in total. The summed E-state index contributed by atoms with van der Waals surface area (Å²) in [6.45, 7) is 0. The smallest absolute Gasteiger partial charge is 0.219 e. The Morgan fingerprint density at radius 1 is 0.387 bits per heavy atom. The Bertz CT molecular complexity index is 642. The lowest BCUT2D eigenvalue weighted by Crippen LogP contribution is -2.79. The fourth-order valence-electron chi connectivity index (χ4n) is 1.87. The molecular weight excluding hydrogens is 620 g/mol. The lowest BCUT2D eigenvalue weighted by molar-refractivity contribution is -0.475. The monoisotopic (exact) mass is 624 g/mol. The normalized spacial score (nSPS) is 18.2. The summed E-state index contributed by atoms with van der Waals surface area (Å²) >= 11 is 0.719. The maximum Gasteiger partial charge on any atom is 0.460 e. The Morgan fingerprint density at radius 2 is 0.710 bits per heavy atom. The highest BCUT2D eigenvalue weighted by Crippen LogP contribution is 2.67. The zero-order chi connectivity index (χ0) is 25.9. The molecular formula is C11H4F19I. The molecule has 188 valence electrons. The summed E-state index contributed by atoms with van der Waals surface area (Å²) < 4.78 is 245. The molecule has 1 atom stereocenters. The highest BCUT2D eigenvalue weighted by Gasteiger charge is 2.99. The Balaban J connectivity index is 7.30. The number of alkyl halides is 20. The fraction of sp³-hybridized carbons (Fsp3) is 1.00. The van der Waals surface area contributed by atoms with E-state index in [1.54, 1.807) is 0 Å². The average Bonchev–Trinajstić information content (AvgIpc) is 2.50. The van der Waals surface area contributed by atoms with Gasteiger partial charge in [-0.2, -0.15) is 79.0 Å². The second kappa shape index (κ2) is 7.73. The lowest BCUT2D eigenvalue weighted by Gasteiger charge is -2.46. The maximum absolute atomic E-state index is 13.8. The SMILES string of the molecule is FC(F)(F)C(F)(F)C(F)(F)C(F)(C(F)(F)F)C(F)(F)C(F)(F)C(F)(F)C(F)(F)CCI. The molecule has 0 heterocycles. The van der Waals surface area contributed by atoms with Gasteiger partial charge in [-0.05, 0) is 0 Å². The van der Waals surface area contributed by atoms with Gasteiger partial charge in [0.25, 0.3) is 0 Å². The van der Waals surface area contributed by atoms with Gasteiger partial charge in [0.15, 0.2) is 0 Å². The molecule has 1 unspecified atom stereocenters. The van der Waals surface area contributed by atoms with Gasteiger partial charge in [-0.3, -0.25) is 0 Å². The summed E-state index contributed by atoms with van der Waals surface area (Å²) in [7, 11) is 0. The van der Waals surface area contributed by atoms with Crippen molar-refractivity contribution < 1.29 is 83.4 Å². The Labute approximate surface area is 171 Å². The van der Waals surface area contributed by atoms with Crippen LogP contribution in [-0.2, 0) is 0 Å². The molecule has 0 aliphatic rings. The van der Waals surface area contributed by atoms with Crippen LogP contribution >= 0.6 is 22.6 Å². The highest BCUT2D eigenvalue weighted by molar-refractivity contribution is 14.1. The van der Waals surface area contributed by atoms with Crippen molar-refractivity contribution in [2.75, 3.05) is 4.43 Å². The number of hydrogen-bond donors (Lipinski definition) is 0. The minimum atomic E-state index is -9.13. The molecule has 0 saturated carbocycles. The van der Waals surface area contributed by atoms with Crippen LogP contribution in [0.2, 0.25) is 0 Å². The zero-order valence-corrected chi connectivity index (χ0v) is 15.6. The van der Waals surface area contributed by atoms with E-state index in [0.717, 1.165) is 22.6 Å². The number of rotatable bonds is 8. The average molecular weight is 624 g/mol. The zero-order valence-electron chi connectivity index (χ0n) is 13.5. The minimum absolute atomic E-state index is 0.719. The first-order valence-electron chi connectivity index (χ1n) is 6.71. The molecule has 0 aliphatic carbocycles. The van der Waals surface area contributed by atoms with Crippen molar-refractivity contribution in [1.29, 1.82) is 0 Å². The van der Waals surface area contributed by atoms with Crippen molar-refractivity contribution in [2.24, 2.45) is 0 Å². The first kappa shape index (κ1) is 30.4. The third-order valence-electron chi connectivity index (χ3n) is 3.66. The van der Waals surface area contributed by atoms with Crippen molar-refractivity contribution in [2.45, 2.75) is 60.0 Å². The topological polar surface area (TPSA) is 0 Å². The summed E-state index contributed by atoms with van der Waals surface area (Å²) in [5, 5.41) is 0. The van der Waals surface area contributed by atoms with Crippen LogP contribution in [0.25, 0.3) is 0 Å². The van der Waals surface area contributed by atoms with E-state index >= 15 is 0 Å². The minimum Gasteiger partial charge on any atom is -0.219 e. The van der Waals surface area contributed by atoms with Crippen LogP contribution in [0.3, 0.4) is 0 Å². The Morgan fingerprint density at radius 3 is 0.968 bits per heavy atom. The molecule has 0 rings (SSSR count). The predicted octanol–water partition coefficient (Wildman–Crippen LogP) is 7.46. The summed E-state index contributed by atoms with van der Waals surface area (Å²) in [4.78, 5) is 0. The Kier molecular flexibility index (Phi) is 7.58. The van der Waals surface area contributed by atoms with Crippen molar-refractivity contribution >= 4 is 22.6 Å². The fourth-order valence-corrected chi connectivity index (χ4v) is 2.54. The molecule has 0 amide bonds. The number of hydrogen-bond acceptors (Lipinski definition) is 0. The van der Waals surface area contributed by atoms with E-state index in [4.69, 9.17) is 0 Å². The van der Waals surface area contributed by atoms with Crippen molar-refractivity contribution in [3.05, 3.63) is 0 Å². The lowest BCUT2D eigenvalue weighted by atomic mass is 9.79. The van der Waals surface area contributed by atoms with Crippen LogP contribution in [0.5, 0.6) is 0 Å². The molecule has 20 heteroatoms. The highest BCUT2D eigenvalue weighted by atomic mass is 127. The van der Waals surface area contributed by atoms with Crippen LogP contribution in [0.4, 0.5) is 83.4 Å². The molecule has 0 bridgehead atoms.